The lowest BCUT2D eigenvalue weighted by atomic mass is 10.0. The number of benzene rings is 2. The van der Waals surface area contributed by atoms with E-state index in [9.17, 15) is 9.59 Å². The van der Waals surface area contributed by atoms with Crippen molar-refractivity contribution in [1.82, 2.24) is 0 Å². The molecule has 0 spiro atoms. The molecule has 26 heavy (non-hydrogen) atoms. The summed E-state index contributed by atoms with van der Waals surface area (Å²) in [5, 5.41) is 2.79. The minimum atomic E-state index is -0.373. The van der Waals surface area contributed by atoms with Crippen LogP contribution >= 0.6 is 0 Å². The van der Waals surface area contributed by atoms with E-state index in [1.54, 1.807) is 25.1 Å². The van der Waals surface area contributed by atoms with Crippen LogP contribution in [0, 0.1) is 6.92 Å². The quantitative estimate of drug-likeness (QED) is 0.752. The van der Waals surface area contributed by atoms with E-state index in [4.69, 9.17) is 9.47 Å². The summed E-state index contributed by atoms with van der Waals surface area (Å²) in [6, 6.07) is 12.7. The molecule has 0 unspecified atom stereocenters. The van der Waals surface area contributed by atoms with Crippen LogP contribution in [0.4, 0.5) is 5.69 Å². The maximum absolute atomic E-state index is 12.1. The van der Waals surface area contributed by atoms with Gasteiger partial charge in [-0.15, -0.1) is 0 Å². The van der Waals surface area contributed by atoms with Crippen LogP contribution in [-0.4, -0.2) is 25.1 Å². The van der Waals surface area contributed by atoms with E-state index in [1.165, 1.54) is 5.56 Å². The molecule has 0 heterocycles. The lowest BCUT2D eigenvalue weighted by molar-refractivity contribution is -0.118. The number of nitrogens with one attached hydrogen (secondary N) is 1. The Labute approximate surface area is 154 Å². The molecule has 2 aromatic carbocycles. The maximum Gasteiger partial charge on any atom is 0.338 e. The highest BCUT2D eigenvalue weighted by atomic mass is 16.5. The highest BCUT2D eigenvalue weighted by Gasteiger charge is 2.11. The molecule has 138 valence electrons. The number of esters is 1. The fraction of sp³-hybridized carbons (Fsp3) is 0.333. The van der Waals surface area contributed by atoms with Crippen molar-refractivity contribution in [1.29, 1.82) is 0 Å². The van der Waals surface area contributed by atoms with Crippen LogP contribution in [0.15, 0.2) is 42.5 Å². The number of hydrogen-bond acceptors (Lipinski definition) is 4. The van der Waals surface area contributed by atoms with Gasteiger partial charge >= 0.3 is 5.97 Å². The summed E-state index contributed by atoms with van der Waals surface area (Å²) in [6.07, 6.45) is 0. The van der Waals surface area contributed by atoms with Gasteiger partial charge in [0.05, 0.1) is 12.2 Å². The molecule has 2 rings (SSSR count). The number of ether oxygens (including phenoxy) is 2. The normalized spacial score (nSPS) is 10.5. The smallest absolute Gasteiger partial charge is 0.338 e. The largest absolute Gasteiger partial charge is 0.484 e. The van der Waals surface area contributed by atoms with E-state index in [2.05, 4.69) is 19.2 Å². The Morgan fingerprint density at radius 1 is 1.08 bits per heavy atom. The Bertz CT molecular complexity index is 766. The molecule has 0 saturated carbocycles. The van der Waals surface area contributed by atoms with Crippen LogP contribution in [0.3, 0.4) is 0 Å². The number of aryl methyl sites for hydroxylation is 1. The Morgan fingerprint density at radius 3 is 2.35 bits per heavy atom. The Hall–Kier alpha value is -2.82. The van der Waals surface area contributed by atoms with E-state index >= 15 is 0 Å². The average molecular weight is 355 g/mol. The van der Waals surface area contributed by atoms with Crippen LogP contribution in [0.2, 0.25) is 0 Å². The SMILES string of the molecule is CCOC(=O)c1ccc(NC(=O)COc2ccc(C(C)C)cc2)c(C)c1. The van der Waals surface area contributed by atoms with Crippen LogP contribution in [0.5, 0.6) is 5.75 Å². The van der Waals surface area contributed by atoms with Crippen LogP contribution < -0.4 is 10.1 Å². The third-order valence-electron chi connectivity index (χ3n) is 3.93. The third kappa shape index (κ3) is 5.34. The van der Waals surface area contributed by atoms with Crippen LogP contribution in [-0.2, 0) is 9.53 Å². The first kappa shape index (κ1) is 19.5. The molecule has 0 saturated heterocycles. The number of anilines is 1. The molecule has 0 bridgehead atoms. The molecule has 0 radical (unpaired) electrons. The summed E-state index contributed by atoms with van der Waals surface area (Å²) < 4.78 is 10.5. The molecule has 5 heteroatoms. The van der Waals surface area contributed by atoms with Crippen molar-refractivity contribution >= 4 is 17.6 Å². The molecule has 0 aliphatic carbocycles. The number of rotatable bonds is 7. The van der Waals surface area contributed by atoms with Gasteiger partial charge in [0.2, 0.25) is 0 Å². The van der Waals surface area contributed by atoms with E-state index in [0.29, 0.717) is 29.5 Å². The van der Waals surface area contributed by atoms with Crippen molar-refractivity contribution in [2.24, 2.45) is 0 Å². The first-order valence-electron chi connectivity index (χ1n) is 8.71. The van der Waals surface area contributed by atoms with Gasteiger partial charge in [-0.3, -0.25) is 4.79 Å². The zero-order valence-corrected chi connectivity index (χ0v) is 15.7. The fourth-order valence-electron chi connectivity index (χ4n) is 2.43. The Morgan fingerprint density at radius 2 is 1.77 bits per heavy atom. The van der Waals surface area contributed by atoms with Crippen molar-refractivity contribution < 1.29 is 19.1 Å². The van der Waals surface area contributed by atoms with Gasteiger partial charge in [0.1, 0.15) is 5.75 Å². The topological polar surface area (TPSA) is 64.6 Å². The van der Waals surface area contributed by atoms with Crippen molar-refractivity contribution in [2.45, 2.75) is 33.6 Å². The summed E-state index contributed by atoms with van der Waals surface area (Å²) in [5.41, 5.74) is 3.11. The first-order chi connectivity index (χ1) is 12.4. The highest BCUT2D eigenvalue weighted by Crippen LogP contribution is 2.19. The van der Waals surface area contributed by atoms with Crippen molar-refractivity contribution in [3.05, 3.63) is 59.2 Å². The van der Waals surface area contributed by atoms with E-state index in [-0.39, 0.29) is 18.5 Å². The van der Waals surface area contributed by atoms with Gasteiger partial charge in [-0.2, -0.15) is 0 Å². The van der Waals surface area contributed by atoms with E-state index < -0.39 is 0 Å². The van der Waals surface area contributed by atoms with Crippen LogP contribution in [0.1, 0.15) is 48.2 Å². The second-order valence-electron chi connectivity index (χ2n) is 6.31. The maximum atomic E-state index is 12.1. The Balaban J connectivity index is 1.92. The first-order valence-corrected chi connectivity index (χ1v) is 8.71. The number of carbonyl (C=O) groups is 2. The molecule has 1 N–H and O–H groups in total. The third-order valence-corrected chi connectivity index (χ3v) is 3.93. The second-order valence-corrected chi connectivity index (χ2v) is 6.31. The monoisotopic (exact) mass is 355 g/mol. The van der Waals surface area contributed by atoms with E-state index in [0.717, 1.165) is 5.56 Å². The number of hydrogen-bond donors (Lipinski definition) is 1. The van der Waals surface area contributed by atoms with Gasteiger partial charge in [0.25, 0.3) is 5.91 Å². The van der Waals surface area contributed by atoms with Crippen LogP contribution in [0.25, 0.3) is 0 Å². The molecule has 0 aliphatic heterocycles. The summed E-state index contributed by atoms with van der Waals surface area (Å²) in [6.45, 7) is 8.07. The molecule has 0 aliphatic rings. The molecule has 0 atom stereocenters. The summed E-state index contributed by atoms with van der Waals surface area (Å²) in [4.78, 5) is 23.8. The van der Waals surface area contributed by atoms with Crippen molar-refractivity contribution in [3.8, 4) is 5.75 Å². The number of carbonyl (C=O) groups excluding carboxylic acids is 2. The lowest BCUT2D eigenvalue weighted by Gasteiger charge is -2.11. The van der Waals surface area contributed by atoms with Gasteiger partial charge in [-0.1, -0.05) is 26.0 Å². The molecule has 2 aromatic rings. The fourth-order valence-corrected chi connectivity index (χ4v) is 2.43. The summed E-state index contributed by atoms with van der Waals surface area (Å²) in [7, 11) is 0. The lowest BCUT2D eigenvalue weighted by Crippen LogP contribution is -2.20. The minimum absolute atomic E-state index is 0.0832. The Kier molecular flexibility index (Phi) is 6.78. The zero-order valence-electron chi connectivity index (χ0n) is 15.7. The van der Waals surface area contributed by atoms with Gasteiger partial charge in [-0.25, -0.2) is 4.79 Å². The average Bonchev–Trinajstić information content (AvgIpc) is 2.62. The summed E-state index contributed by atoms with van der Waals surface area (Å²) in [5.74, 6) is 0.471. The summed E-state index contributed by atoms with van der Waals surface area (Å²) >= 11 is 0. The molecule has 5 nitrogen and oxygen atoms in total. The van der Waals surface area contributed by atoms with Gasteiger partial charge in [0, 0.05) is 5.69 Å². The van der Waals surface area contributed by atoms with E-state index in [1.807, 2.05) is 31.2 Å². The molecule has 0 aromatic heterocycles. The van der Waals surface area contributed by atoms with Gasteiger partial charge < -0.3 is 14.8 Å². The second kappa shape index (κ2) is 9.04. The molecule has 1 amide bonds. The predicted octanol–water partition coefficient (Wildman–Crippen LogP) is 4.31. The van der Waals surface area contributed by atoms with Gasteiger partial charge in [-0.05, 0) is 61.2 Å². The molecule has 0 fully saturated rings. The highest BCUT2D eigenvalue weighted by molar-refractivity contribution is 5.94. The zero-order chi connectivity index (χ0) is 19.1. The molecular formula is C21H25NO4. The van der Waals surface area contributed by atoms with Crippen molar-refractivity contribution in [2.75, 3.05) is 18.5 Å². The predicted molar refractivity (Wildman–Crippen MR) is 102 cm³/mol. The standard InChI is InChI=1S/C21H25NO4/c1-5-25-21(24)17-8-11-19(15(4)12-17)22-20(23)13-26-18-9-6-16(7-10-18)14(2)3/h6-12,14H,5,13H2,1-4H3,(H,22,23). The number of amides is 1. The van der Waals surface area contributed by atoms with Crippen molar-refractivity contribution in [3.63, 3.8) is 0 Å². The minimum Gasteiger partial charge on any atom is -0.484 e. The molecular weight excluding hydrogens is 330 g/mol. The van der Waals surface area contributed by atoms with Gasteiger partial charge in [0.15, 0.2) is 6.61 Å².